The van der Waals surface area contributed by atoms with Crippen LogP contribution in [0.2, 0.25) is 0 Å². The molecule has 10 heteroatoms. The lowest BCUT2D eigenvalue weighted by atomic mass is 10.3. The molecular weight excluding hydrogens is 398 g/mol. The van der Waals surface area contributed by atoms with Crippen molar-refractivity contribution in [1.82, 2.24) is 9.55 Å². The number of nitrogens with zero attached hydrogens (tertiary/aromatic N) is 2. The number of amides is 1. The number of ether oxygens (including phenoxy) is 1. The van der Waals surface area contributed by atoms with Crippen LogP contribution in [0.25, 0.3) is 5.69 Å². The molecule has 2 aromatic carbocycles. The molecule has 1 heterocycles. The summed E-state index contributed by atoms with van der Waals surface area (Å²) in [6, 6.07) is 10.8. The van der Waals surface area contributed by atoms with Gasteiger partial charge in [0.2, 0.25) is 5.91 Å². The molecule has 1 N–H and O–H groups in total. The molecule has 1 amide bonds. The van der Waals surface area contributed by atoms with E-state index in [0.29, 0.717) is 16.5 Å². The molecule has 0 spiro atoms. The Morgan fingerprint density at radius 3 is 2.61 bits per heavy atom. The van der Waals surface area contributed by atoms with Crippen LogP contribution in [-0.2, 0) is 4.79 Å². The average Bonchev–Trinajstić information content (AvgIpc) is 3.09. The first-order valence-corrected chi connectivity index (χ1v) is 8.86. The summed E-state index contributed by atoms with van der Waals surface area (Å²) in [5, 5.41) is 3.06. The van der Waals surface area contributed by atoms with Crippen LogP contribution in [0, 0.1) is 5.82 Å². The number of halogens is 4. The van der Waals surface area contributed by atoms with Gasteiger partial charge in [-0.3, -0.25) is 9.36 Å². The van der Waals surface area contributed by atoms with E-state index < -0.39 is 12.2 Å². The minimum absolute atomic E-state index is 0.00707. The van der Waals surface area contributed by atoms with Crippen LogP contribution < -0.4 is 10.1 Å². The van der Waals surface area contributed by atoms with E-state index in [9.17, 15) is 22.4 Å². The predicted molar refractivity (Wildman–Crippen MR) is 96.0 cm³/mol. The molecule has 28 heavy (non-hydrogen) atoms. The maximum Gasteiger partial charge on any atom is 0.573 e. The third-order valence-electron chi connectivity index (χ3n) is 3.40. The highest BCUT2D eigenvalue weighted by atomic mass is 32.2. The molecule has 3 aromatic rings. The predicted octanol–water partition coefficient (Wildman–Crippen LogP) is 4.64. The number of anilines is 1. The number of alkyl halides is 3. The van der Waals surface area contributed by atoms with Crippen molar-refractivity contribution in [2.45, 2.75) is 11.5 Å². The molecule has 0 unspecified atom stereocenters. The average molecular weight is 411 g/mol. The quantitative estimate of drug-likeness (QED) is 0.474. The van der Waals surface area contributed by atoms with Crippen molar-refractivity contribution < 1.29 is 27.1 Å². The van der Waals surface area contributed by atoms with Crippen molar-refractivity contribution >= 4 is 23.4 Å². The third kappa shape index (κ3) is 5.49. The van der Waals surface area contributed by atoms with Crippen LogP contribution in [0.5, 0.6) is 5.75 Å². The summed E-state index contributed by atoms with van der Waals surface area (Å²) in [5.41, 5.74) is 0.897. The number of carbonyl (C=O) groups excluding carboxylic acids is 1. The van der Waals surface area contributed by atoms with Crippen LogP contribution in [0.4, 0.5) is 23.2 Å². The zero-order valence-electron chi connectivity index (χ0n) is 14.1. The van der Waals surface area contributed by atoms with E-state index in [2.05, 4.69) is 15.0 Å². The number of rotatable bonds is 6. The normalized spacial score (nSPS) is 11.3. The molecule has 5 nitrogen and oxygen atoms in total. The molecule has 0 saturated carbocycles. The minimum atomic E-state index is -4.77. The Balaban J connectivity index is 1.58. The van der Waals surface area contributed by atoms with Gasteiger partial charge in [-0.2, -0.15) is 0 Å². The Hall–Kier alpha value is -3.01. The zero-order valence-corrected chi connectivity index (χ0v) is 14.9. The molecule has 0 bridgehead atoms. The van der Waals surface area contributed by atoms with E-state index in [4.69, 9.17) is 0 Å². The van der Waals surface area contributed by atoms with Gasteiger partial charge in [0, 0.05) is 18.1 Å². The maximum atomic E-state index is 13.4. The fraction of sp³-hybridized carbons (Fsp3) is 0.111. The number of nitrogens with one attached hydrogen (secondary N) is 1. The third-order valence-corrected chi connectivity index (χ3v) is 4.36. The highest BCUT2D eigenvalue weighted by molar-refractivity contribution is 7.99. The number of benzene rings is 2. The van der Waals surface area contributed by atoms with Gasteiger partial charge < -0.3 is 10.1 Å². The van der Waals surface area contributed by atoms with E-state index in [1.165, 1.54) is 30.5 Å². The Labute approximate surface area is 161 Å². The molecule has 3 rings (SSSR count). The van der Waals surface area contributed by atoms with Crippen LogP contribution >= 0.6 is 11.8 Å². The standard InChI is InChI=1S/C18H13F4N3O2S/c19-12-2-1-3-14(10-12)25-9-8-23-17(25)28-11-16(26)24-13-4-6-15(7-5-13)27-18(20,21)22/h1-10H,11H2,(H,24,26). The first-order chi connectivity index (χ1) is 13.3. The fourth-order valence-corrected chi connectivity index (χ4v) is 3.06. The maximum absolute atomic E-state index is 13.4. The van der Waals surface area contributed by atoms with Crippen molar-refractivity contribution in [1.29, 1.82) is 0 Å². The molecule has 0 atom stereocenters. The molecule has 1 aromatic heterocycles. The molecule has 0 aliphatic carbocycles. The number of hydrogen-bond acceptors (Lipinski definition) is 4. The summed E-state index contributed by atoms with van der Waals surface area (Å²) in [6.07, 6.45) is -1.59. The van der Waals surface area contributed by atoms with E-state index >= 15 is 0 Å². The summed E-state index contributed by atoms with van der Waals surface area (Å²) in [4.78, 5) is 16.2. The van der Waals surface area contributed by atoms with E-state index in [-0.39, 0.29) is 17.4 Å². The lowest BCUT2D eigenvalue weighted by Crippen LogP contribution is -2.17. The smallest absolute Gasteiger partial charge is 0.406 e. The van der Waals surface area contributed by atoms with Gasteiger partial charge in [-0.05, 0) is 42.5 Å². The molecular formula is C18H13F4N3O2S. The Morgan fingerprint density at radius 1 is 1.18 bits per heavy atom. The lowest BCUT2D eigenvalue weighted by molar-refractivity contribution is -0.274. The number of thioether (sulfide) groups is 1. The highest BCUT2D eigenvalue weighted by Crippen LogP contribution is 2.25. The van der Waals surface area contributed by atoms with E-state index in [1.54, 1.807) is 22.9 Å². The van der Waals surface area contributed by atoms with Gasteiger partial charge in [0.05, 0.1) is 11.4 Å². The molecule has 0 saturated heterocycles. The van der Waals surface area contributed by atoms with E-state index in [0.717, 1.165) is 23.9 Å². The monoisotopic (exact) mass is 411 g/mol. The van der Waals surface area contributed by atoms with Crippen molar-refractivity contribution in [2.24, 2.45) is 0 Å². The largest absolute Gasteiger partial charge is 0.573 e. The first-order valence-electron chi connectivity index (χ1n) is 7.88. The Morgan fingerprint density at radius 2 is 1.93 bits per heavy atom. The lowest BCUT2D eigenvalue weighted by Gasteiger charge is -2.10. The van der Waals surface area contributed by atoms with Crippen molar-refractivity contribution in [3.05, 3.63) is 66.7 Å². The number of hydrogen-bond donors (Lipinski definition) is 1. The van der Waals surface area contributed by atoms with Crippen molar-refractivity contribution in [3.8, 4) is 11.4 Å². The first kappa shape index (κ1) is 19.7. The number of aromatic nitrogens is 2. The molecule has 0 aliphatic heterocycles. The SMILES string of the molecule is O=C(CSc1nccn1-c1cccc(F)c1)Nc1ccc(OC(F)(F)F)cc1. The van der Waals surface area contributed by atoms with Gasteiger partial charge in [-0.25, -0.2) is 9.37 Å². The molecule has 0 aliphatic rings. The topological polar surface area (TPSA) is 56.2 Å². The summed E-state index contributed by atoms with van der Waals surface area (Å²) in [7, 11) is 0. The minimum Gasteiger partial charge on any atom is -0.406 e. The summed E-state index contributed by atoms with van der Waals surface area (Å²) in [5.74, 6) is -1.13. The van der Waals surface area contributed by atoms with Crippen LogP contribution in [0.3, 0.4) is 0 Å². The molecule has 0 radical (unpaired) electrons. The van der Waals surface area contributed by atoms with Gasteiger partial charge in [-0.15, -0.1) is 13.2 Å². The van der Waals surface area contributed by atoms with Crippen molar-refractivity contribution in [2.75, 3.05) is 11.1 Å². The second-order valence-corrected chi connectivity index (χ2v) is 6.41. The highest BCUT2D eigenvalue weighted by Gasteiger charge is 2.30. The van der Waals surface area contributed by atoms with Crippen LogP contribution in [0.15, 0.2) is 66.1 Å². The number of carbonyl (C=O) groups is 1. The Kier molecular flexibility index (Phi) is 5.88. The fourth-order valence-electron chi connectivity index (χ4n) is 2.29. The summed E-state index contributed by atoms with van der Waals surface area (Å²) >= 11 is 1.14. The van der Waals surface area contributed by atoms with Crippen LogP contribution in [0.1, 0.15) is 0 Å². The number of imidazole rings is 1. The second kappa shape index (κ2) is 8.34. The molecule has 0 fully saturated rings. The van der Waals surface area contributed by atoms with Gasteiger partial charge in [0.15, 0.2) is 5.16 Å². The van der Waals surface area contributed by atoms with Gasteiger partial charge in [0.1, 0.15) is 11.6 Å². The Bertz CT molecular complexity index is 958. The van der Waals surface area contributed by atoms with E-state index in [1.807, 2.05) is 0 Å². The van der Waals surface area contributed by atoms with Gasteiger partial charge >= 0.3 is 6.36 Å². The molecule has 146 valence electrons. The van der Waals surface area contributed by atoms with Crippen LogP contribution in [-0.4, -0.2) is 27.6 Å². The second-order valence-electron chi connectivity index (χ2n) is 5.47. The summed E-state index contributed by atoms with van der Waals surface area (Å²) in [6.45, 7) is 0. The van der Waals surface area contributed by atoms with Gasteiger partial charge in [0.25, 0.3) is 0 Å². The van der Waals surface area contributed by atoms with Gasteiger partial charge in [-0.1, -0.05) is 17.8 Å². The zero-order chi connectivity index (χ0) is 20.1. The van der Waals surface area contributed by atoms with Crippen molar-refractivity contribution in [3.63, 3.8) is 0 Å². The summed E-state index contributed by atoms with van der Waals surface area (Å²) < 4.78 is 55.2.